The van der Waals surface area contributed by atoms with Crippen molar-refractivity contribution in [1.29, 1.82) is 0 Å². The Morgan fingerprint density at radius 1 is 1.00 bits per heavy atom. The van der Waals surface area contributed by atoms with E-state index in [4.69, 9.17) is 3.57 Å². The first-order valence-corrected chi connectivity index (χ1v) is 1.50. The van der Waals surface area contributed by atoms with Gasteiger partial charge in [0.15, 0.2) is 0 Å². The number of hydrogen-bond donors (Lipinski definition) is 0. The third-order valence-electron chi connectivity index (χ3n) is 0. The Labute approximate surface area is 124 Å². The summed E-state index contributed by atoms with van der Waals surface area (Å²) >= 11 is 0.125. The van der Waals surface area contributed by atoms with E-state index in [9.17, 15) is 0 Å². The molecule has 0 unspecified atom stereocenters. The fourth-order valence-electron chi connectivity index (χ4n) is 0. The summed E-state index contributed by atoms with van der Waals surface area (Å²) in [5.74, 6) is 0. The van der Waals surface area contributed by atoms with Gasteiger partial charge in [0.2, 0.25) is 0 Å². The number of hydrogen-bond acceptors (Lipinski definition) is 1. The Morgan fingerprint density at radius 2 is 1.00 bits per heavy atom. The summed E-state index contributed by atoms with van der Waals surface area (Å²) in [4.78, 5) is 0. The third-order valence-corrected chi connectivity index (χ3v) is 0. The van der Waals surface area contributed by atoms with Gasteiger partial charge in [-0.2, -0.15) is 0 Å². The molecule has 32 valence electrons. The molecule has 0 atom stereocenters. The average Bonchev–Trinajstić information content (AvgIpc) is 1.00. The van der Waals surface area contributed by atoms with Gasteiger partial charge in [-0.05, 0) is 0 Å². The van der Waals surface area contributed by atoms with Gasteiger partial charge < -0.3 is 11.0 Å². The van der Waals surface area contributed by atoms with Crippen LogP contribution in [0.15, 0.2) is 0 Å². The van der Waals surface area contributed by atoms with Gasteiger partial charge in [-0.1, -0.05) is 0 Å². The molecule has 0 aromatic carbocycles. The minimum atomic E-state index is 0. The normalized spacial score (nSPS) is 1.00. The molecule has 0 saturated heterocycles. The van der Waals surface area contributed by atoms with Crippen molar-refractivity contribution >= 4 is 94.4 Å². The van der Waals surface area contributed by atoms with E-state index in [1.807, 2.05) is 0 Å². The van der Waals surface area contributed by atoms with Crippen molar-refractivity contribution < 1.29 is 32.8 Å². The van der Waals surface area contributed by atoms with Crippen molar-refractivity contribution in [1.82, 2.24) is 0 Å². The van der Waals surface area contributed by atoms with E-state index < -0.39 is 0 Å². The number of rotatable bonds is 0. The minimum absolute atomic E-state index is 0. The van der Waals surface area contributed by atoms with Gasteiger partial charge in [0, 0.05) is 0 Å². The van der Waals surface area contributed by atoms with Gasteiger partial charge in [0.05, 0.1) is 0 Å². The van der Waals surface area contributed by atoms with Crippen molar-refractivity contribution in [2.24, 2.45) is 0 Å². The molecule has 6 heavy (non-hydrogen) atoms. The predicted octanol–water partition coefficient (Wildman–Crippen LogP) is -3.60. The third kappa shape index (κ3) is 26.2. The zero-order valence-electron chi connectivity index (χ0n) is 2.12. The molecule has 4 N–H and O–H groups in total. The zero-order valence-corrected chi connectivity index (χ0v) is 5.08. The van der Waals surface area contributed by atoms with Crippen molar-refractivity contribution in [2.45, 2.75) is 0 Å². The fraction of sp³-hybridized carbons (Fsp3) is 0. The molecule has 0 spiro atoms. The van der Waals surface area contributed by atoms with Gasteiger partial charge in [0.25, 0.3) is 0 Å². The fourth-order valence-corrected chi connectivity index (χ4v) is 0. The molecule has 0 radical (unpaired) electrons. The Bertz CT molecular complexity index is 10.8. The summed E-state index contributed by atoms with van der Waals surface area (Å²) in [6.07, 6.45) is 0. The Morgan fingerprint density at radius 3 is 1.00 bits per heavy atom. The second-order valence-corrected chi connectivity index (χ2v) is 0. The van der Waals surface area contributed by atoms with Gasteiger partial charge in [-0.3, -0.25) is 0 Å². The molecule has 0 amide bonds. The summed E-state index contributed by atoms with van der Waals surface area (Å²) in [6.45, 7) is 0. The van der Waals surface area contributed by atoms with Crippen molar-refractivity contribution in [3.05, 3.63) is 0 Å². The van der Waals surface area contributed by atoms with Crippen LogP contribution in [0.25, 0.3) is 0 Å². The predicted molar refractivity (Wildman–Crippen MR) is 25.0 cm³/mol. The summed E-state index contributed by atoms with van der Waals surface area (Å²) in [5.41, 5.74) is 0. The van der Waals surface area contributed by atoms with Crippen LogP contribution >= 0.6 is 0 Å². The topological polar surface area (TPSA) is 80.1 Å². The van der Waals surface area contributed by atoms with Crippen LogP contribution < -0.4 is 0 Å². The Hall–Kier alpha value is 3.40. The summed E-state index contributed by atoms with van der Waals surface area (Å²) < 4.78 is 8.38. The summed E-state index contributed by atoms with van der Waals surface area (Å²) in [7, 11) is 0. The van der Waals surface area contributed by atoms with E-state index in [0.29, 0.717) is 0 Å². The SMILES string of the molecule is O.O.[BaH2].[O]=[Zn].[SrH2]. The van der Waals surface area contributed by atoms with Crippen LogP contribution in [0.4, 0.5) is 0 Å². The van der Waals surface area contributed by atoms with Crippen LogP contribution in [0.1, 0.15) is 0 Å². The second kappa shape index (κ2) is 39.8. The van der Waals surface area contributed by atoms with Crippen LogP contribution in [-0.4, -0.2) is 105 Å². The van der Waals surface area contributed by atoms with E-state index >= 15 is 0 Å². The van der Waals surface area contributed by atoms with Crippen LogP contribution in [0, 0.1) is 0 Å². The first-order chi connectivity index (χ1) is 1.00. The molecule has 6 heteroatoms. The van der Waals surface area contributed by atoms with Crippen molar-refractivity contribution in [3.63, 3.8) is 0 Å². The van der Waals surface area contributed by atoms with Crippen LogP contribution in [0.3, 0.4) is 0 Å². The molecule has 0 fully saturated rings. The van der Waals surface area contributed by atoms with Crippen LogP contribution in [0.5, 0.6) is 0 Å². The summed E-state index contributed by atoms with van der Waals surface area (Å²) in [5, 5.41) is 0. The molecule has 0 saturated carbocycles. The quantitative estimate of drug-likeness (QED) is 0.417. The van der Waals surface area contributed by atoms with Gasteiger partial charge in [0.1, 0.15) is 0 Å². The standard InChI is InChI=1S/Ba.2H2O.O.Sr.Zn.4H/h;2*1H2;;;;;;;. The van der Waals surface area contributed by atoms with Gasteiger partial charge in [-0.25, -0.2) is 0 Å². The molecular formula is H8BaO3SrZn. The maximum atomic E-state index is 8.38. The zero-order chi connectivity index (χ0) is 2.00. The monoisotopic (exact) mass is 346 g/mol. The maximum absolute atomic E-state index is 8.38. The van der Waals surface area contributed by atoms with Gasteiger partial charge >= 0.3 is 116 Å². The van der Waals surface area contributed by atoms with E-state index in [2.05, 4.69) is 0 Å². The second-order valence-electron chi connectivity index (χ2n) is 0. The Balaban J connectivity index is -0.000000000833. The summed E-state index contributed by atoms with van der Waals surface area (Å²) in [6, 6.07) is 0. The first kappa shape index (κ1) is 34.3. The molecule has 0 heterocycles. The van der Waals surface area contributed by atoms with E-state index in [-0.39, 0.29) is 124 Å². The van der Waals surface area contributed by atoms with E-state index in [0.717, 1.165) is 0 Å². The molecule has 0 aromatic heterocycles. The van der Waals surface area contributed by atoms with Crippen LogP contribution in [0.2, 0.25) is 0 Å². The van der Waals surface area contributed by atoms with Crippen molar-refractivity contribution in [2.75, 3.05) is 0 Å². The molecule has 0 aliphatic rings. The average molecular weight is 346 g/mol. The van der Waals surface area contributed by atoms with Crippen molar-refractivity contribution in [3.8, 4) is 0 Å². The molecule has 0 aliphatic carbocycles. The first-order valence-electron chi connectivity index (χ1n) is 0.289. The molecule has 0 bridgehead atoms. The molecular weight excluding hydrogens is 338 g/mol. The van der Waals surface area contributed by atoms with E-state index in [1.165, 1.54) is 0 Å². The molecule has 0 rings (SSSR count). The molecule has 0 aliphatic heterocycles. The van der Waals surface area contributed by atoms with Crippen LogP contribution in [-0.2, 0) is 21.8 Å². The molecule has 3 nitrogen and oxygen atoms in total. The van der Waals surface area contributed by atoms with Gasteiger partial charge in [-0.15, -0.1) is 0 Å². The van der Waals surface area contributed by atoms with E-state index in [1.54, 1.807) is 0 Å². The molecule has 0 aromatic rings. The Kier molecular flexibility index (Phi) is 228.